The molecule has 0 saturated carbocycles. The first kappa shape index (κ1) is 16.7. The third kappa shape index (κ3) is 4.66. The predicted octanol–water partition coefficient (Wildman–Crippen LogP) is 3.65. The average molecular weight is 308 g/mol. The number of nitrogens with zero attached hydrogens (tertiary/aromatic N) is 2. The van der Waals surface area contributed by atoms with Gasteiger partial charge in [0.2, 0.25) is 0 Å². The molecule has 0 radical (unpaired) electrons. The summed E-state index contributed by atoms with van der Waals surface area (Å²) < 4.78 is 36.4. The topological polar surface area (TPSA) is 63.1 Å². The lowest BCUT2D eigenvalue weighted by molar-refractivity contribution is -0.129. The summed E-state index contributed by atoms with van der Waals surface area (Å²) in [4.78, 5) is 19.3. The van der Waals surface area contributed by atoms with Crippen molar-refractivity contribution in [3.05, 3.63) is 17.1 Å². The highest BCUT2D eigenvalue weighted by Crippen LogP contribution is 2.29. The molecule has 0 unspecified atom stereocenters. The molecule has 1 rings (SSSR count). The van der Waals surface area contributed by atoms with Gasteiger partial charge in [0, 0.05) is 11.7 Å². The van der Waals surface area contributed by atoms with Crippen molar-refractivity contribution in [3.63, 3.8) is 0 Å². The average Bonchev–Trinajstić information content (AvgIpc) is 2.25. The van der Waals surface area contributed by atoms with Crippen LogP contribution in [-0.4, -0.2) is 33.0 Å². The van der Waals surface area contributed by atoms with Crippen molar-refractivity contribution in [1.82, 2.24) is 9.97 Å². The van der Waals surface area contributed by atoms with Gasteiger partial charge in [-0.1, -0.05) is 13.8 Å². The van der Waals surface area contributed by atoms with E-state index in [4.69, 9.17) is 5.11 Å². The Labute approximate surface area is 118 Å². The lowest BCUT2D eigenvalue weighted by Crippen LogP contribution is -2.12. The number of hydrogen-bond donors (Lipinski definition) is 1. The zero-order valence-corrected chi connectivity index (χ0v) is 12.1. The number of carboxylic acids is 1. The summed E-state index contributed by atoms with van der Waals surface area (Å²) in [6, 6.07) is 0. The van der Waals surface area contributed by atoms with Gasteiger partial charge in [0.05, 0.1) is 12.1 Å². The molecular weight excluding hydrogens is 293 g/mol. The molecule has 0 aliphatic rings. The summed E-state index contributed by atoms with van der Waals surface area (Å²) >= 11 is 0.796. The molecule has 0 aromatic carbocycles. The van der Waals surface area contributed by atoms with E-state index in [0.717, 1.165) is 11.8 Å². The molecule has 20 heavy (non-hydrogen) atoms. The van der Waals surface area contributed by atoms with E-state index < -0.39 is 18.6 Å². The molecular formula is C12H15F3N2O2S. The normalized spacial score (nSPS) is 11.9. The van der Waals surface area contributed by atoms with Crippen LogP contribution in [0.25, 0.3) is 0 Å². The first-order valence-electron chi connectivity index (χ1n) is 5.93. The molecule has 112 valence electrons. The quantitative estimate of drug-likeness (QED) is 0.664. The summed E-state index contributed by atoms with van der Waals surface area (Å²) in [5.41, 5.74) is 0.146. The molecule has 1 N–H and O–H groups in total. The van der Waals surface area contributed by atoms with E-state index in [0.29, 0.717) is 5.82 Å². The van der Waals surface area contributed by atoms with Gasteiger partial charge in [-0.15, -0.1) is 11.8 Å². The van der Waals surface area contributed by atoms with Crippen molar-refractivity contribution in [2.24, 2.45) is 0 Å². The van der Waals surface area contributed by atoms with Gasteiger partial charge in [-0.25, -0.2) is 14.8 Å². The van der Waals surface area contributed by atoms with E-state index in [1.165, 1.54) is 6.92 Å². The molecule has 1 aromatic rings. The minimum absolute atomic E-state index is 0.0292. The van der Waals surface area contributed by atoms with Crippen molar-refractivity contribution >= 4 is 17.7 Å². The van der Waals surface area contributed by atoms with E-state index in [-0.39, 0.29) is 28.0 Å². The number of aryl methyl sites for hydroxylation is 1. The molecule has 8 heteroatoms. The highest BCUT2D eigenvalue weighted by Gasteiger charge is 2.27. The molecule has 0 aliphatic carbocycles. The van der Waals surface area contributed by atoms with Crippen molar-refractivity contribution in [3.8, 4) is 0 Å². The Balaban J connectivity index is 3.04. The van der Waals surface area contributed by atoms with Crippen LogP contribution in [0.4, 0.5) is 13.2 Å². The molecule has 0 bridgehead atoms. The standard InChI is InChI=1S/C12H15F3N2O2S/c1-6(2)9-16-7(3)8(11(18)19)10(17-9)20-5-4-12(13,14)15/h6H,4-5H2,1-3H3,(H,18,19). The smallest absolute Gasteiger partial charge is 0.389 e. The second kappa shape index (κ2) is 6.43. The summed E-state index contributed by atoms with van der Waals surface area (Å²) in [5, 5.41) is 9.21. The molecule has 0 aliphatic heterocycles. The number of aromatic carboxylic acids is 1. The number of halogens is 3. The van der Waals surface area contributed by atoms with E-state index in [2.05, 4.69) is 9.97 Å². The highest BCUT2D eigenvalue weighted by molar-refractivity contribution is 7.99. The van der Waals surface area contributed by atoms with Crippen LogP contribution in [0.5, 0.6) is 0 Å². The first-order valence-corrected chi connectivity index (χ1v) is 6.91. The third-order valence-corrected chi connectivity index (χ3v) is 3.41. The van der Waals surface area contributed by atoms with Gasteiger partial charge < -0.3 is 5.11 Å². The molecule has 0 saturated heterocycles. The van der Waals surface area contributed by atoms with Gasteiger partial charge in [0.25, 0.3) is 0 Å². The highest BCUT2D eigenvalue weighted by atomic mass is 32.2. The van der Waals surface area contributed by atoms with Crippen molar-refractivity contribution in [2.75, 3.05) is 5.75 Å². The number of alkyl halides is 3. The van der Waals surface area contributed by atoms with Crippen molar-refractivity contribution in [1.29, 1.82) is 0 Å². The Bertz CT molecular complexity index is 504. The fraction of sp³-hybridized carbons (Fsp3) is 0.583. The van der Waals surface area contributed by atoms with Crippen LogP contribution >= 0.6 is 11.8 Å². The molecule has 0 atom stereocenters. The number of thioether (sulfide) groups is 1. The van der Waals surface area contributed by atoms with Crippen LogP contribution in [0.1, 0.15) is 48.1 Å². The maximum atomic E-state index is 12.1. The predicted molar refractivity (Wildman–Crippen MR) is 69.2 cm³/mol. The van der Waals surface area contributed by atoms with Crippen molar-refractivity contribution < 1.29 is 23.1 Å². The van der Waals surface area contributed by atoms with E-state index in [1.54, 1.807) is 0 Å². The fourth-order valence-corrected chi connectivity index (χ4v) is 2.50. The second-order valence-electron chi connectivity index (χ2n) is 4.52. The minimum atomic E-state index is -4.26. The fourth-order valence-electron chi connectivity index (χ4n) is 1.44. The van der Waals surface area contributed by atoms with Crippen LogP contribution in [0, 0.1) is 6.92 Å². The number of carbonyl (C=O) groups is 1. The molecule has 1 aromatic heterocycles. The first-order chi connectivity index (χ1) is 9.11. The summed E-state index contributed by atoms with van der Waals surface area (Å²) in [5.74, 6) is -1.09. The Hall–Kier alpha value is -1.31. The van der Waals surface area contributed by atoms with Crippen molar-refractivity contribution in [2.45, 2.75) is 44.3 Å². The molecule has 0 fully saturated rings. The second-order valence-corrected chi connectivity index (χ2v) is 5.60. The van der Waals surface area contributed by atoms with Gasteiger partial charge in [0.15, 0.2) is 0 Å². The van der Waals surface area contributed by atoms with Gasteiger partial charge in [-0.05, 0) is 6.92 Å². The number of carboxylic acid groups (broad SMARTS) is 1. The molecule has 0 amide bonds. The van der Waals surface area contributed by atoms with Crippen LogP contribution in [0.3, 0.4) is 0 Å². The maximum absolute atomic E-state index is 12.1. The summed E-state index contributed by atoms with van der Waals surface area (Å²) in [6.07, 6.45) is -5.25. The summed E-state index contributed by atoms with van der Waals surface area (Å²) in [7, 11) is 0. The Morgan fingerprint density at radius 3 is 2.40 bits per heavy atom. The minimum Gasteiger partial charge on any atom is -0.478 e. The lowest BCUT2D eigenvalue weighted by atomic mass is 10.2. The van der Waals surface area contributed by atoms with Gasteiger partial charge in [-0.2, -0.15) is 13.2 Å². The molecule has 4 nitrogen and oxygen atoms in total. The zero-order chi connectivity index (χ0) is 15.5. The Kier molecular flexibility index (Phi) is 5.38. The van der Waals surface area contributed by atoms with E-state index >= 15 is 0 Å². The SMILES string of the molecule is Cc1nc(C(C)C)nc(SCCC(F)(F)F)c1C(=O)O. The molecule has 0 spiro atoms. The number of hydrogen-bond acceptors (Lipinski definition) is 4. The zero-order valence-electron chi connectivity index (χ0n) is 11.3. The van der Waals surface area contributed by atoms with Gasteiger partial charge in [0.1, 0.15) is 16.4 Å². The monoisotopic (exact) mass is 308 g/mol. The van der Waals surface area contributed by atoms with Crippen LogP contribution in [0.2, 0.25) is 0 Å². The van der Waals surface area contributed by atoms with Crippen LogP contribution < -0.4 is 0 Å². The van der Waals surface area contributed by atoms with Gasteiger partial charge >= 0.3 is 12.1 Å². The lowest BCUT2D eigenvalue weighted by Gasteiger charge is -2.12. The van der Waals surface area contributed by atoms with Crippen LogP contribution in [-0.2, 0) is 0 Å². The van der Waals surface area contributed by atoms with Crippen LogP contribution in [0.15, 0.2) is 5.03 Å². The summed E-state index contributed by atoms with van der Waals surface area (Å²) in [6.45, 7) is 5.18. The van der Waals surface area contributed by atoms with E-state index in [9.17, 15) is 18.0 Å². The molecule has 1 heterocycles. The Morgan fingerprint density at radius 2 is 1.95 bits per heavy atom. The Morgan fingerprint density at radius 1 is 1.35 bits per heavy atom. The maximum Gasteiger partial charge on any atom is 0.389 e. The number of rotatable bonds is 5. The number of aromatic nitrogens is 2. The largest absolute Gasteiger partial charge is 0.478 e. The third-order valence-electron chi connectivity index (χ3n) is 2.43. The van der Waals surface area contributed by atoms with E-state index in [1.807, 2.05) is 13.8 Å². The van der Waals surface area contributed by atoms with Gasteiger partial charge in [-0.3, -0.25) is 0 Å².